The molecule has 0 aliphatic heterocycles. The molecule has 2 aliphatic rings. The van der Waals surface area contributed by atoms with Crippen LogP contribution in [0.2, 0.25) is 0 Å². The highest BCUT2D eigenvalue weighted by molar-refractivity contribution is 5.10. The van der Waals surface area contributed by atoms with Crippen molar-refractivity contribution in [3.8, 4) is 0 Å². The molecule has 0 radical (unpaired) electrons. The van der Waals surface area contributed by atoms with Gasteiger partial charge in [-0.1, -0.05) is 35.5 Å². The molecule has 2 rings (SSSR count). The van der Waals surface area contributed by atoms with E-state index >= 15 is 0 Å². The molecule has 2 atom stereocenters. The van der Waals surface area contributed by atoms with Crippen molar-refractivity contribution in [1.82, 2.24) is 0 Å². The minimum Gasteiger partial charge on any atom is -0.0850 e. The monoisotopic (exact) mass is 216 g/mol. The first kappa shape index (κ1) is 11.7. The Kier molecular flexibility index (Phi) is 4.04. The summed E-state index contributed by atoms with van der Waals surface area (Å²) in [4.78, 5) is 0. The third kappa shape index (κ3) is 3.37. The van der Waals surface area contributed by atoms with Crippen LogP contribution < -0.4 is 0 Å². The van der Waals surface area contributed by atoms with Crippen LogP contribution in [0.25, 0.3) is 0 Å². The van der Waals surface area contributed by atoms with E-state index in [-0.39, 0.29) is 0 Å². The van der Waals surface area contributed by atoms with E-state index in [0.717, 1.165) is 11.8 Å². The molecule has 0 saturated heterocycles. The highest BCUT2D eigenvalue weighted by atomic mass is 14.2. The van der Waals surface area contributed by atoms with Crippen molar-refractivity contribution in [3.63, 3.8) is 0 Å². The van der Waals surface area contributed by atoms with Crippen LogP contribution in [0.15, 0.2) is 35.5 Å². The van der Waals surface area contributed by atoms with Crippen LogP contribution in [0, 0.1) is 11.8 Å². The molecule has 0 amide bonds. The van der Waals surface area contributed by atoms with E-state index in [2.05, 4.69) is 38.2 Å². The van der Waals surface area contributed by atoms with Crippen molar-refractivity contribution in [1.29, 1.82) is 0 Å². The molecule has 2 unspecified atom stereocenters. The van der Waals surface area contributed by atoms with Gasteiger partial charge in [0, 0.05) is 0 Å². The van der Waals surface area contributed by atoms with Crippen LogP contribution in [-0.2, 0) is 0 Å². The Morgan fingerprint density at radius 3 is 1.62 bits per heavy atom. The molecule has 0 heterocycles. The van der Waals surface area contributed by atoms with Crippen molar-refractivity contribution in [2.45, 2.75) is 52.4 Å². The molecule has 0 heteroatoms. The molecule has 0 aromatic heterocycles. The van der Waals surface area contributed by atoms with Gasteiger partial charge < -0.3 is 0 Å². The van der Waals surface area contributed by atoms with Crippen LogP contribution in [0.1, 0.15) is 52.4 Å². The SMILES string of the molecule is CC1=CCC(/C=C/C2CC=C(C)CC2)CC1. The standard InChI is InChI=1S/C16H24/c1-13-3-7-15(8-4-13)11-12-16-9-5-14(2)6-10-16/h3,5,11-12,15-16H,4,6-10H2,1-2H3/b12-11+. The Morgan fingerprint density at radius 1 is 0.875 bits per heavy atom. The molecule has 16 heavy (non-hydrogen) atoms. The van der Waals surface area contributed by atoms with Crippen LogP contribution in [0.5, 0.6) is 0 Å². The molecule has 88 valence electrons. The van der Waals surface area contributed by atoms with Crippen molar-refractivity contribution in [2.24, 2.45) is 11.8 Å². The molecule has 0 fully saturated rings. The third-order valence-electron chi connectivity index (χ3n) is 4.01. The van der Waals surface area contributed by atoms with E-state index in [1.165, 1.54) is 38.5 Å². The van der Waals surface area contributed by atoms with E-state index in [0.29, 0.717) is 0 Å². The normalized spacial score (nSPS) is 31.4. The second-order valence-corrected chi connectivity index (χ2v) is 5.55. The van der Waals surface area contributed by atoms with E-state index < -0.39 is 0 Å². The van der Waals surface area contributed by atoms with Crippen molar-refractivity contribution in [2.75, 3.05) is 0 Å². The second-order valence-electron chi connectivity index (χ2n) is 5.55. The Hall–Kier alpha value is -0.780. The molecular formula is C16H24. The highest BCUT2D eigenvalue weighted by Crippen LogP contribution is 2.27. The third-order valence-corrected chi connectivity index (χ3v) is 4.01. The van der Waals surface area contributed by atoms with Gasteiger partial charge in [0.2, 0.25) is 0 Å². The van der Waals surface area contributed by atoms with E-state index in [1.807, 2.05) is 0 Å². The van der Waals surface area contributed by atoms with E-state index in [9.17, 15) is 0 Å². The van der Waals surface area contributed by atoms with Crippen LogP contribution >= 0.6 is 0 Å². The largest absolute Gasteiger partial charge is 0.0850 e. The quantitative estimate of drug-likeness (QED) is 0.567. The Labute approximate surface area is 100 Å². The number of hydrogen-bond acceptors (Lipinski definition) is 0. The lowest BCUT2D eigenvalue weighted by Crippen LogP contribution is -2.05. The van der Waals surface area contributed by atoms with Gasteiger partial charge in [0.05, 0.1) is 0 Å². The zero-order valence-electron chi connectivity index (χ0n) is 10.7. The fourth-order valence-corrected chi connectivity index (χ4v) is 2.63. The summed E-state index contributed by atoms with van der Waals surface area (Å²) in [6.45, 7) is 4.52. The van der Waals surface area contributed by atoms with Crippen LogP contribution in [0.4, 0.5) is 0 Å². The van der Waals surface area contributed by atoms with Gasteiger partial charge in [0.15, 0.2) is 0 Å². The predicted molar refractivity (Wildman–Crippen MR) is 71.3 cm³/mol. The molecule has 0 aromatic carbocycles. The topological polar surface area (TPSA) is 0 Å². The maximum absolute atomic E-state index is 2.49. The predicted octanol–water partition coefficient (Wildman–Crippen LogP) is 5.04. The molecular weight excluding hydrogens is 192 g/mol. The highest BCUT2D eigenvalue weighted by Gasteiger charge is 2.12. The smallest absolute Gasteiger partial charge is 0.0196 e. The molecule has 0 nitrogen and oxygen atoms in total. The van der Waals surface area contributed by atoms with Crippen molar-refractivity contribution in [3.05, 3.63) is 35.5 Å². The number of allylic oxidation sites excluding steroid dienone is 6. The van der Waals surface area contributed by atoms with Crippen LogP contribution in [0.3, 0.4) is 0 Å². The first-order chi connectivity index (χ1) is 7.74. The Bertz CT molecular complexity index is 285. The lowest BCUT2D eigenvalue weighted by atomic mass is 9.86. The zero-order valence-corrected chi connectivity index (χ0v) is 10.7. The summed E-state index contributed by atoms with van der Waals surface area (Å²) in [6, 6.07) is 0. The molecule has 0 N–H and O–H groups in total. The van der Waals surface area contributed by atoms with Gasteiger partial charge in [0.25, 0.3) is 0 Å². The minimum absolute atomic E-state index is 0.815. The maximum Gasteiger partial charge on any atom is -0.0196 e. The number of rotatable bonds is 2. The van der Waals surface area contributed by atoms with Gasteiger partial charge in [-0.2, -0.15) is 0 Å². The van der Waals surface area contributed by atoms with Gasteiger partial charge in [-0.05, 0) is 64.2 Å². The van der Waals surface area contributed by atoms with Gasteiger partial charge in [-0.3, -0.25) is 0 Å². The van der Waals surface area contributed by atoms with Gasteiger partial charge in [-0.15, -0.1) is 0 Å². The first-order valence-electron chi connectivity index (χ1n) is 6.73. The molecule has 2 aliphatic carbocycles. The minimum atomic E-state index is 0.815. The van der Waals surface area contributed by atoms with Gasteiger partial charge in [0.1, 0.15) is 0 Å². The summed E-state index contributed by atoms with van der Waals surface area (Å²) >= 11 is 0. The van der Waals surface area contributed by atoms with E-state index in [1.54, 1.807) is 11.1 Å². The Morgan fingerprint density at radius 2 is 1.31 bits per heavy atom. The summed E-state index contributed by atoms with van der Waals surface area (Å²) in [7, 11) is 0. The zero-order chi connectivity index (χ0) is 11.4. The van der Waals surface area contributed by atoms with Crippen molar-refractivity contribution < 1.29 is 0 Å². The molecule has 0 aromatic rings. The summed E-state index contributed by atoms with van der Waals surface area (Å²) in [6.07, 6.45) is 17.7. The summed E-state index contributed by atoms with van der Waals surface area (Å²) in [5.41, 5.74) is 3.17. The fraction of sp³-hybridized carbons (Fsp3) is 0.625. The lowest BCUT2D eigenvalue weighted by Gasteiger charge is -2.20. The Balaban J connectivity index is 1.81. The average molecular weight is 216 g/mol. The maximum atomic E-state index is 2.49. The van der Waals surface area contributed by atoms with Gasteiger partial charge >= 0.3 is 0 Å². The lowest BCUT2D eigenvalue weighted by molar-refractivity contribution is 0.538. The average Bonchev–Trinajstić information content (AvgIpc) is 2.30. The summed E-state index contributed by atoms with van der Waals surface area (Å²) in [5.74, 6) is 1.63. The van der Waals surface area contributed by atoms with E-state index in [4.69, 9.17) is 0 Å². The van der Waals surface area contributed by atoms with Crippen LogP contribution in [-0.4, -0.2) is 0 Å². The summed E-state index contributed by atoms with van der Waals surface area (Å²) < 4.78 is 0. The van der Waals surface area contributed by atoms with Crippen molar-refractivity contribution >= 4 is 0 Å². The summed E-state index contributed by atoms with van der Waals surface area (Å²) in [5, 5.41) is 0. The molecule has 0 spiro atoms. The molecule has 0 saturated carbocycles. The van der Waals surface area contributed by atoms with Gasteiger partial charge in [-0.25, -0.2) is 0 Å². The number of hydrogen-bond donors (Lipinski definition) is 0. The molecule has 0 bridgehead atoms. The first-order valence-corrected chi connectivity index (χ1v) is 6.73. The second kappa shape index (κ2) is 5.52. The fourth-order valence-electron chi connectivity index (χ4n) is 2.63.